The molecule has 2 aliphatic heterocycles. The van der Waals surface area contributed by atoms with Crippen LogP contribution in [0.15, 0.2) is 41.2 Å². The lowest BCUT2D eigenvalue weighted by Gasteiger charge is -2.27. The standard InChI is InChI=1S/C21H17F3N4O3/c22-21(23,24)20-26-16-6-7-28(10-14(16)19(29)27-20)9-13-2-1-3-15(25-13)12-4-5-17-18(8-12)31-11-30-17/h1-5,8H,6-7,9-11H2,(H,26,27,29). The van der Waals surface area contributed by atoms with Gasteiger partial charge in [-0.1, -0.05) is 6.07 Å². The maximum absolute atomic E-state index is 12.9. The number of H-pyrrole nitrogens is 1. The van der Waals surface area contributed by atoms with Gasteiger partial charge in [0.05, 0.1) is 22.6 Å². The van der Waals surface area contributed by atoms with E-state index in [2.05, 4.69) is 4.98 Å². The number of nitrogens with one attached hydrogen (secondary N) is 1. The van der Waals surface area contributed by atoms with Crippen molar-refractivity contribution in [2.24, 2.45) is 0 Å². The highest BCUT2D eigenvalue weighted by atomic mass is 19.4. The summed E-state index contributed by atoms with van der Waals surface area (Å²) in [7, 11) is 0. The van der Waals surface area contributed by atoms with E-state index in [-0.39, 0.29) is 31.0 Å². The number of halogens is 3. The minimum atomic E-state index is -4.68. The molecule has 5 rings (SSSR count). The lowest BCUT2D eigenvalue weighted by atomic mass is 10.1. The monoisotopic (exact) mass is 430 g/mol. The Morgan fingerprint density at radius 3 is 2.77 bits per heavy atom. The van der Waals surface area contributed by atoms with Crippen LogP contribution in [0.2, 0.25) is 0 Å². The molecule has 1 N–H and O–H groups in total. The second-order valence-electron chi connectivity index (χ2n) is 7.38. The normalized spacial score (nSPS) is 15.7. The van der Waals surface area contributed by atoms with E-state index in [1.165, 1.54) is 0 Å². The highest BCUT2D eigenvalue weighted by Crippen LogP contribution is 2.35. The third kappa shape index (κ3) is 3.86. The predicted octanol–water partition coefficient (Wildman–Crippen LogP) is 3.14. The van der Waals surface area contributed by atoms with Gasteiger partial charge in [0.25, 0.3) is 5.56 Å². The fourth-order valence-corrected chi connectivity index (χ4v) is 3.76. The molecule has 0 fully saturated rings. The van der Waals surface area contributed by atoms with Crippen LogP contribution in [0.5, 0.6) is 11.5 Å². The Morgan fingerprint density at radius 2 is 1.94 bits per heavy atom. The predicted molar refractivity (Wildman–Crippen MR) is 103 cm³/mol. The zero-order chi connectivity index (χ0) is 21.6. The first-order chi connectivity index (χ1) is 14.9. The van der Waals surface area contributed by atoms with Crippen molar-refractivity contribution in [1.82, 2.24) is 19.9 Å². The molecule has 0 spiro atoms. The summed E-state index contributed by atoms with van der Waals surface area (Å²) in [5.41, 5.74) is 2.16. The third-order valence-electron chi connectivity index (χ3n) is 5.28. The van der Waals surface area contributed by atoms with E-state index in [9.17, 15) is 18.0 Å². The molecule has 0 saturated carbocycles. The molecular weight excluding hydrogens is 413 g/mol. The van der Waals surface area contributed by atoms with Gasteiger partial charge in [0.15, 0.2) is 11.5 Å². The Kier molecular flexibility index (Phi) is 4.66. The van der Waals surface area contributed by atoms with Crippen LogP contribution in [0.4, 0.5) is 13.2 Å². The average molecular weight is 430 g/mol. The van der Waals surface area contributed by atoms with Crippen LogP contribution in [0.25, 0.3) is 11.3 Å². The van der Waals surface area contributed by atoms with Gasteiger partial charge in [0.2, 0.25) is 12.6 Å². The van der Waals surface area contributed by atoms with Crippen molar-refractivity contribution in [3.8, 4) is 22.8 Å². The topological polar surface area (TPSA) is 80.3 Å². The molecule has 10 heteroatoms. The van der Waals surface area contributed by atoms with Gasteiger partial charge in [0.1, 0.15) is 0 Å². The fourth-order valence-electron chi connectivity index (χ4n) is 3.76. The Bertz CT molecular complexity index is 1210. The second-order valence-corrected chi connectivity index (χ2v) is 7.38. The van der Waals surface area contributed by atoms with Crippen LogP contribution in [0.3, 0.4) is 0 Å². The maximum atomic E-state index is 12.9. The van der Waals surface area contributed by atoms with Gasteiger partial charge in [0, 0.05) is 31.6 Å². The van der Waals surface area contributed by atoms with Crippen molar-refractivity contribution in [3.05, 3.63) is 69.5 Å². The summed E-state index contributed by atoms with van der Waals surface area (Å²) in [4.78, 5) is 24.4. The molecular formula is C21H17F3N4O3. The number of nitrogens with zero attached hydrogens (tertiary/aromatic N) is 3. The zero-order valence-electron chi connectivity index (χ0n) is 16.2. The van der Waals surface area contributed by atoms with Crippen LogP contribution in [0, 0.1) is 0 Å². The highest BCUT2D eigenvalue weighted by Gasteiger charge is 2.36. The molecule has 0 unspecified atom stereocenters. The second kappa shape index (κ2) is 7.38. The molecule has 2 aliphatic rings. The molecule has 4 heterocycles. The number of ether oxygens (including phenoxy) is 2. The SMILES string of the molecule is O=c1[nH]c(C(F)(F)F)nc2c1CN(Cc1cccc(-c3ccc4c(c3)OCO4)n1)CC2. The Balaban J connectivity index is 1.35. The van der Waals surface area contributed by atoms with Crippen molar-refractivity contribution in [2.75, 3.05) is 13.3 Å². The first-order valence-corrected chi connectivity index (χ1v) is 9.64. The number of pyridine rings is 1. The molecule has 0 saturated heterocycles. The number of alkyl halides is 3. The molecule has 7 nitrogen and oxygen atoms in total. The van der Waals surface area contributed by atoms with Gasteiger partial charge in [-0.25, -0.2) is 4.98 Å². The first-order valence-electron chi connectivity index (χ1n) is 9.64. The van der Waals surface area contributed by atoms with Crippen molar-refractivity contribution >= 4 is 0 Å². The molecule has 1 aromatic carbocycles. The zero-order valence-corrected chi connectivity index (χ0v) is 16.2. The van der Waals surface area contributed by atoms with Crippen molar-refractivity contribution in [2.45, 2.75) is 25.7 Å². The molecule has 2 aromatic heterocycles. The van der Waals surface area contributed by atoms with E-state index >= 15 is 0 Å². The number of fused-ring (bicyclic) bond motifs is 2. The molecule has 0 bridgehead atoms. The van der Waals surface area contributed by atoms with E-state index in [1.54, 1.807) is 0 Å². The molecule has 3 aromatic rings. The lowest BCUT2D eigenvalue weighted by Crippen LogP contribution is -2.36. The van der Waals surface area contributed by atoms with E-state index in [1.807, 2.05) is 46.3 Å². The number of benzene rings is 1. The number of hydrogen-bond acceptors (Lipinski definition) is 6. The molecule has 0 radical (unpaired) electrons. The van der Waals surface area contributed by atoms with Crippen molar-refractivity contribution in [1.29, 1.82) is 0 Å². The lowest BCUT2D eigenvalue weighted by molar-refractivity contribution is -0.145. The van der Waals surface area contributed by atoms with Gasteiger partial charge >= 0.3 is 6.18 Å². The minimum absolute atomic E-state index is 0.196. The van der Waals surface area contributed by atoms with E-state index in [4.69, 9.17) is 14.5 Å². The van der Waals surface area contributed by atoms with Gasteiger partial charge in [-0.3, -0.25) is 14.7 Å². The summed E-state index contributed by atoms with van der Waals surface area (Å²) in [5, 5.41) is 0. The van der Waals surface area contributed by atoms with Crippen LogP contribution in [-0.4, -0.2) is 33.2 Å². The van der Waals surface area contributed by atoms with E-state index in [0.717, 1.165) is 17.0 Å². The van der Waals surface area contributed by atoms with Crippen molar-refractivity contribution < 1.29 is 22.6 Å². The smallest absolute Gasteiger partial charge is 0.449 e. The Labute approximate surface area is 174 Å². The Morgan fingerprint density at radius 1 is 1.10 bits per heavy atom. The van der Waals surface area contributed by atoms with E-state index in [0.29, 0.717) is 24.6 Å². The summed E-state index contributed by atoms with van der Waals surface area (Å²) in [5.74, 6) is 0.115. The molecule has 160 valence electrons. The average Bonchev–Trinajstić information content (AvgIpc) is 3.21. The molecule has 0 amide bonds. The van der Waals surface area contributed by atoms with Gasteiger partial charge in [-0.05, 0) is 30.3 Å². The first kappa shape index (κ1) is 19.6. The summed E-state index contributed by atoms with van der Waals surface area (Å²) in [6.07, 6.45) is -4.41. The van der Waals surface area contributed by atoms with Gasteiger partial charge in [-0.15, -0.1) is 0 Å². The highest BCUT2D eigenvalue weighted by molar-refractivity contribution is 5.64. The van der Waals surface area contributed by atoms with Crippen LogP contribution >= 0.6 is 0 Å². The number of hydrogen-bond donors (Lipinski definition) is 1. The largest absolute Gasteiger partial charge is 0.454 e. The maximum Gasteiger partial charge on any atom is 0.449 e. The summed E-state index contributed by atoms with van der Waals surface area (Å²) < 4.78 is 49.4. The van der Waals surface area contributed by atoms with E-state index < -0.39 is 17.6 Å². The van der Waals surface area contributed by atoms with Crippen LogP contribution in [-0.2, 0) is 25.7 Å². The number of rotatable bonds is 3. The fraction of sp³-hybridized carbons (Fsp3) is 0.286. The third-order valence-corrected chi connectivity index (χ3v) is 5.28. The number of aromatic nitrogens is 3. The van der Waals surface area contributed by atoms with Crippen LogP contribution in [0.1, 0.15) is 22.8 Å². The summed E-state index contributed by atoms with van der Waals surface area (Å²) in [6.45, 7) is 1.35. The molecule has 31 heavy (non-hydrogen) atoms. The van der Waals surface area contributed by atoms with Crippen LogP contribution < -0.4 is 15.0 Å². The molecule has 0 atom stereocenters. The Hall–Kier alpha value is -3.40. The molecule has 0 aliphatic carbocycles. The quantitative estimate of drug-likeness (QED) is 0.688. The summed E-state index contributed by atoms with van der Waals surface area (Å²) in [6, 6.07) is 11.3. The van der Waals surface area contributed by atoms with Gasteiger partial charge in [-0.2, -0.15) is 13.2 Å². The number of aromatic amines is 1. The minimum Gasteiger partial charge on any atom is -0.454 e. The van der Waals surface area contributed by atoms with Gasteiger partial charge < -0.3 is 14.5 Å². The summed E-state index contributed by atoms with van der Waals surface area (Å²) >= 11 is 0. The van der Waals surface area contributed by atoms with Crippen molar-refractivity contribution in [3.63, 3.8) is 0 Å².